The summed E-state index contributed by atoms with van der Waals surface area (Å²) in [5, 5.41) is 9.35. The Kier molecular flexibility index (Phi) is 4.50. The maximum absolute atomic E-state index is 12.1. The summed E-state index contributed by atoms with van der Waals surface area (Å²) in [6.45, 7) is 0.0338. The van der Waals surface area contributed by atoms with Gasteiger partial charge in [0.2, 0.25) is 0 Å². The van der Waals surface area contributed by atoms with Crippen molar-refractivity contribution in [2.24, 2.45) is 0 Å². The zero-order valence-electron chi connectivity index (χ0n) is 13.1. The highest BCUT2D eigenvalue weighted by molar-refractivity contribution is 5.68. The van der Waals surface area contributed by atoms with E-state index in [9.17, 15) is 9.90 Å². The van der Waals surface area contributed by atoms with Crippen LogP contribution in [0.5, 0.6) is 5.75 Å². The first-order valence-corrected chi connectivity index (χ1v) is 7.76. The van der Waals surface area contributed by atoms with Crippen LogP contribution in [0.1, 0.15) is 31.4 Å². The van der Waals surface area contributed by atoms with E-state index in [0.717, 1.165) is 31.2 Å². The molecule has 0 saturated heterocycles. The van der Waals surface area contributed by atoms with Crippen LogP contribution in [0, 0.1) is 0 Å². The number of rotatable bonds is 4. The lowest BCUT2D eigenvalue weighted by molar-refractivity contribution is 0.0860. The topological polar surface area (TPSA) is 75.8 Å². The number of phenols is 1. The van der Waals surface area contributed by atoms with Crippen LogP contribution in [0.3, 0.4) is 0 Å². The normalized spacial score (nSPS) is 14.8. The number of phenolic OH excluding ortho intramolecular Hbond substituents is 1. The van der Waals surface area contributed by atoms with Crippen LogP contribution in [0.2, 0.25) is 0 Å². The van der Waals surface area contributed by atoms with E-state index in [4.69, 9.17) is 9.15 Å². The molecule has 23 heavy (non-hydrogen) atoms. The first kappa shape index (κ1) is 15.4. The molecule has 0 unspecified atom stereocenters. The van der Waals surface area contributed by atoms with Gasteiger partial charge in [0.1, 0.15) is 11.4 Å². The molecule has 1 fully saturated rings. The van der Waals surface area contributed by atoms with Gasteiger partial charge >= 0.3 is 6.09 Å². The van der Waals surface area contributed by atoms with Crippen LogP contribution in [-0.2, 0) is 11.3 Å². The van der Waals surface area contributed by atoms with Crippen molar-refractivity contribution in [3.05, 3.63) is 36.4 Å². The summed E-state index contributed by atoms with van der Waals surface area (Å²) >= 11 is 0. The first-order chi connectivity index (χ1) is 11.1. The van der Waals surface area contributed by atoms with Gasteiger partial charge in [0.05, 0.1) is 0 Å². The second kappa shape index (κ2) is 6.73. The number of carbonyl (C=O) groups excluding carboxylic acids is 1. The monoisotopic (exact) mass is 316 g/mol. The van der Waals surface area contributed by atoms with Crippen molar-refractivity contribution in [2.45, 2.75) is 38.3 Å². The largest absolute Gasteiger partial charge is 0.508 e. The average Bonchev–Trinajstić information content (AvgIpc) is 3.24. The zero-order valence-corrected chi connectivity index (χ0v) is 13.1. The Hall–Kier alpha value is -2.50. The molecule has 1 aliphatic carbocycles. The molecule has 3 rings (SSSR count). The number of oxazole rings is 1. The lowest BCUT2D eigenvalue weighted by atomic mass is 10.1. The molecule has 2 aromatic rings. The molecular formula is C17H20N2O4. The number of aromatic hydroxyl groups is 1. The average molecular weight is 316 g/mol. The molecule has 1 aliphatic rings. The van der Waals surface area contributed by atoms with Crippen molar-refractivity contribution in [1.82, 2.24) is 9.88 Å². The minimum Gasteiger partial charge on any atom is -0.508 e. The predicted octanol–water partition coefficient (Wildman–Crippen LogP) is 3.56. The minimum atomic E-state index is -0.343. The molecule has 1 aromatic carbocycles. The fraction of sp³-hybridized carbons (Fsp3) is 0.412. The summed E-state index contributed by atoms with van der Waals surface area (Å²) < 4.78 is 10.7. The molecule has 6 nitrogen and oxygen atoms in total. The van der Waals surface area contributed by atoms with Crippen molar-refractivity contribution in [1.29, 1.82) is 0 Å². The molecule has 0 radical (unpaired) electrons. The summed E-state index contributed by atoms with van der Waals surface area (Å²) in [7, 11) is 1.78. The second-order valence-corrected chi connectivity index (χ2v) is 5.77. The van der Waals surface area contributed by atoms with E-state index >= 15 is 0 Å². The standard InChI is InChI=1S/C17H20N2O4/c1-19(13-4-2-3-5-13)17(21)22-10-15-16(18-11-23-15)12-6-8-14(20)9-7-12/h6-9,11,13,20H,2-5,10H2,1H3. The third-order valence-electron chi connectivity index (χ3n) is 4.27. The Balaban J connectivity index is 1.63. The highest BCUT2D eigenvalue weighted by Crippen LogP contribution is 2.26. The van der Waals surface area contributed by atoms with Gasteiger partial charge in [-0.15, -0.1) is 0 Å². The van der Waals surface area contributed by atoms with Gasteiger partial charge in [0.15, 0.2) is 18.8 Å². The third-order valence-corrected chi connectivity index (χ3v) is 4.27. The number of hydrogen-bond donors (Lipinski definition) is 1. The number of nitrogens with zero attached hydrogens (tertiary/aromatic N) is 2. The van der Waals surface area contributed by atoms with Crippen LogP contribution < -0.4 is 0 Å². The highest BCUT2D eigenvalue weighted by atomic mass is 16.6. The highest BCUT2D eigenvalue weighted by Gasteiger charge is 2.25. The molecule has 1 aromatic heterocycles. The lowest BCUT2D eigenvalue weighted by Crippen LogP contribution is -2.35. The van der Waals surface area contributed by atoms with Crippen LogP contribution in [0.15, 0.2) is 35.1 Å². The van der Waals surface area contributed by atoms with Crippen LogP contribution in [0.25, 0.3) is 11.3 Å². The van der Waals surface area contributed by atoms with Crippen molar-refractivity contribution in [3.8, 4) is 17.0 Å². The Morgan fingerprint density at radius 1 is 1.35 bits per heavy atom. The van der Waals surface area contributed by atoms with E-state index in [1.165, 1.54) is 6.39 Å². The van der Waals surface area contributed by atoms with E-state index in [1.54, 1.807) is 36.2 Å². The Labute approximate surface area is 134 Å². The van der Waals surface area contributed by atoms with Gasteiger partial charge in [-0.25, -0.2) is 9.78 Å². The molecule has 1 N–H and O–H groups in total. The number of amides is 1. The summed E-state index contributed by atoms with van der Waals surface area (Å²) in [5.41, 5.74) is 1.41. The molecule has 1 saturated carbocycles. The van der Waals surface area contributed by atoms with Crippen molar-refractivity contribution < 1.29 is 19.1 Å². The second-order valence-electron chi connectivity index (χ2n) is 5.77. The van der Waals surface area contributed by atoms with Gasteiger partial charge in [-0.05, 0) is 37.1 Å². The van der Waals surface area contributed by atoms with E-state index in [2.05, 4.69) is 4.98 Å². The smallest absolute Gasteiger partial charge is 0.410 e. The van der Waals surface area contributed by atoms with Crippen molar-refractivity contribution >= 4 is 6.09 Å². The Morgan fingerprint density at radius 3 is 2.74 bits per heavy atom. The van der Waals surface area contributed by atoms with E-state index in [1.807, 2.05) is 0 Å². The third kappa shape index (κ3) is 3.47. The minimum absolute atomic E-state index is 0.0338. The van der Waals surface area contributed by atoms with Gasteiger partial charge in [0.25, 0.3) is 0 Å². The fourth-order valence-corrected chi connectivity index (χ4v) is 2.90. The summed E-state index contributed by atoms with van der Waals surface area (Å²) in [4.78, 5) is 18.0. The summed E-state index contributed by atoms with van der Waals surface area (Å²) in [6.07, 6.45) is 5.38. The van der Waals surface area contributed by atoms with Gasteiger partial charge in [-0.1, -0.05) is 12.8 Å². The van der Waals surface area contributed by atoms with Gasteiger partial charge in [0, 0.05) is 18.7 Å². The van der Waals surface area contributed by atoms with E-state index in [-0.39, 0.29) is 24.5 Å². The number of aromatic nitrogens is 1. The fourth-order valence-electron chi connectivity index (χ4n) is 2.90. The maximum Gasteiger partial charge on any atom is 0.410 e. The first-order valence-electron chi connectivity index (χ1n) is 7.76. The van der Waals surface area contributed by atoms with Gasteiger partial charge in [-0.2, -0.15) is 0 Å². The molecule has 6 heteroatoms. The number of carbonyl (C=O) groups is 1. The lowest BCUT2D eigenvalue weighted by Gasteiger charge is -2.23. The molecule has 1 heterocycles. The molecule has 0 aliphatic heterocycles. The molecule has 1 amide bonds. The summed E-state index contributed by atoms with van der Waals surface area (Å²) in [5.74, 6) is 0.673. The number of benzene rings is 1. The van der Waals surface area contributed by atoms with Crippen molar-refractivity contribution in [2.75, 3.05) is 7.05 Å². The molecule has 122 valence electrons. The quantitative estimate of drug-likeness (QED) is 0.933. The van der Waals surface area contributed by atoms with Crippen molar-refractivity contribution in [3.63, 3.8) is 0 Å². The summed E-state index contributed by atoms with van der Waals surface area (Å²) in [6, 6.07) is 6.90. The number of hydrogen-bond acceptors (Lipinski definition) is 5. The molecule has 0 spiro atoms. The van der Waals surface area contributed by atoms with Gasteiger partial charge in [-0.3, -0.25) is 0 Å². The van der Waals surface area contributed by atoms with Crippen LogP contribution in [-0.4, -0.2) is 34.2 Å². The predicted molar refractivity (Wildman–Crippen MR) is 83.8 cm³/mol. The van der Waals surface area contributed by atoms with Gasteiger partial charge < -0.3 is 19.2 Å². The van der Waals surface area contributed by atoms with E-state index < -0.39 is 0 Å². The molecule has 0 bridgehead atoms. The molecular weight excluding hydrogens is 296 g/mol. The zero-order chi connectivity index (χ0) is 16.2. The van der Waals surface area contributed by atoms with Crippen LogP contribution >= 0.6 is 0 Å². The number of ether oxygens (including phenoxy) is 1. The maximum atomic E-state index is 12.1. The molecule has 0 atom stereocenters. The Bertz CT molecular complexity index is 659. The van der Waals surface area contributed by atoms with Crippen LogP contribution in [0.4, 0.5) is 4.79 Å². The van der Waals surface area contributed by atoms with E-state index in [0.29, 0.717) is 11.5 Å². The Morgan fingerprint density at radius 2 is 2.04 bits per heavy atom. The SMILES string of the molecule is CN(C(=O)OCc1ocnc1-c1ccc(O)cc1)C1CCCC1.